The molecule has 1 saturated heterocycles. The van der Waals surface area contributed by atoms with Gasteiger partial charge in [0.2, 0.25) is 0 Å². The van der Waals surface area contributed by atoms with E-state index in [0.717, 1.165) is 17.9 Å². The topological polar surface area (TPSA) is 29.5 Å². The van der Waals surface area contributed by atoms with Crippen molar-refractivity contribution in [2.45, 2.75) is 12.5 Å². The molecule has 4 heteroatoms. The van der Waals surface area contributed by atoms with Gasteiger partial charge in [0.1, 0.15) is 5.75 Å². The van der Waals surface area contributed by atoms with Gasteiger partial charge in [-0.1, -0.05) is 18.2 Å². The van der Waals surface area contributed by atoms with Gasteiger partial charge in [-0.2, -0.15) is 11.8 Å². The number of benzene rings is 1. The highest BCUT2D eigenvalue weighted by Gasteiger charge is 2.24. The summed E-state index contributed by atoms with van der Waals surface area (Å²) in [7, 11) is 1.81. The van der Waals surface area contributed by atoms with Crippen LogP contribution in [0.1, 0.15) is 6.42 Å². The Hall–Kier alpha value is -1.16. The minimum absolute atomic E-state index is 0.265. The number of carbonyl (C=O) groups excluding carboxylic acids is 1. The molecule has 1 aliphatic rings. The van der Waals surface area contributed by atoms with E-state index in [1.165, 1.54) is 0 Å². The summed E-state index contributed by atoms with van der Waals surface area (Å²) in [6.45, 7) is 0. The molecule has 1 heterocycles. The van der Waals surface area contributed by atoms with E-state index in [1.54, 1.807) is 17.0 Å². The van der Waals surface area contributed by atoms with Crippen LogP contribution >= 0.6 is 11.8 Å². The van der Waals surface area contributed by atoms with Crippen LogP contribution in [-0.4, -0.2) is 35.6 Å². The number of rotatable bonds is 2. The van der Waals surface area contributed by atoms with Crippen molar-refractivity contribution < 1.29 is 9.53 Å². The predicted molar refractivity (Wildman–Crippen MR) is 66.0 cm³/mol. The first-order chi connectivity index (χ1) is 7.77. The van der Waals surface area contributed by atoms with Crippen LogP contribution in [0.2, 0.25) is 0 Å². The molecule has 1 fully saturated rings. The Morgan fingerprint density at radius 3 is 2.81 bits per heavy atom. The highest BCUT2D eigenvalue weighted by molar-refractivity contribution is 7.99. The Labute approximate surface area is 99.8 Å². The van der Waals surface area contributed by atoms with Gasteiger partial charge in [0.15, 0.2) is 0 Å². The number of thioether (sulfide) groups is 1. The molecule has 2 rings (SSSR count). The van der Waals surface area contributed by atoms with Gasteiger partial charge in [0, 0.05) is 18.8 Å². The van der Waals surface area contributed by atoms with Gasteiger partial charge < -0.3 is 9.64 Å². The summed E-state index contributed by atoms with van der Waals surface area (Å²) in [4.78, 5) is 13.5. The van der Waals surface area contributed by atoms with Crippen LogP contribution in [0, 0.1) is 0 Å². The molecule has 1 aromatic rings. The summed E-state index contributed by atoms with van der Waals surface area (Å²) in [6, 6.07) is 9.50. The summed E-state index contributed by atoms with van der Waals surface area (Å²) >= 11 is 1.88. The quantitative estimate of drug-likeness (QED) is 0.792. The van der Waals surface area contributed by atoms with Crippen molar-refractivity contribution in [3.63, 3.8) is 0 Å². The van der Waals surface area contributed by atoms with Crippen LogP contribution in [0.15, 0.2) is 30.3 Å². The third kappa shape index (κ3) is 2.70. The molecule has 0 N–H and O–H groups in total. The zero-order valence-electron chi connectivity index (χ0n) is 9.26. The van der Waals surface area contributed by atoms with Crippen molar-refractivity contribution in [1.82, 2.24) is 4.90 Å². The Kier molecular flexibility index (Phi) is 3.72. The van der Waals surface area contributed by atoms with E-state index in [4.69, 9.17) is 4.74 Å². The Balaban J connectivity index is 1.92. The van der Waals surface area contributed by atoms with Crippen LogP contribution in [0.5, 0.6) is 5.75 Å². The minimum Gasteiger partial charge on any atom is -0.410 e. The normalized spacial score (nSPS) is 19.4. The van der Waals surface area contributed by atoms with Crippen molar-refractivity contribution in [3.05, 3.63) is 30.3 Å². The van der Waals surface area contributed by atoms with Crippen molar-refractivity contribution in [2.75, 3.05) is 18.6 Å². The molecule has 0 radical (unpaired) electrons. The lowest BCUT2D eigenvalue weighted by molar-refractivity contribution is 0.150. The summed E-state index contributed by atoms with van der Waals surface area (Å²) in [5.74, 6) is 2.75. The van der Waals surface area contributed by atoms with Crippen LogP contribution in [0.3, 0.4) is 0 Å². The molecule has 0 bridgehead atoms. The molecule has 0 aromatic heterocycles. The first-order valence-electron chi connectivity index (χ1n) is 5.35. The second-order valence-corrected chi connectivity index (χ2v) is 4.96. The van der Waals surface area contributed by atoms with Gasteiger partial charge in [-0.05, 0) is 24.3 Å². The van der Waals surface area contributed by atoms with Gasteiger partial charge in [-0.3, -0.25) is 0 Å². The van der Waals surface area contributed by atoms with E-state index in [9.17, 15) is 4.79 Å². The predicted octanol–water partition coefficient (Wildman–Crippen LogP) is 2.62. The Bertz CT molecular complexity index is 349. The zero-order valence-corrected chi connectivity index (χ0v) is 10.1. The number of hydrogen-bond acceptors (Lipinski definition) is 3. The second kappa shape index (κ2) is 5.25. The van der Waals surface area contributed by atoms with E-state index in [1.807, 2.05) is 37.0 Å². The fraction of sp³-hybridized carbons (Fsp3) is 0.417. The van der Waals surface area contributed by atoms with Crippen LogP contribution in [-0.2, 0) is 0 Å². The monoisotopic (exact) mass is 237 g/mol. The van der Waals surface area contributed by atoms with E-state index < -0.39 is 0 Å². The van der Waals surface area contributed by atoms with Crippen LogP contribution in [0.25, 0.3) is 0 Å². The Morgan fingerprint density at radius 2 is 2.19 bits per heavy atom. The summed E-state index contributed by atoms with van der Waals surface area (Å²) in [5.41, 5.74) is 0. The van der Waals surface area contributed by atoms with Crippen LogP contribution < -0.4 is 4.74 Å². The third-order valence-corrected chi connectivity index (χ3v) is 3.83. The third-order valence-electron chi connectivity index (χ3n) is 2.69. The summed E-state index contributed by atoms with van der Waals surface area (Å²) in [6.07, 6.45) is 0.795. The molecule has 16 heavy (non-hydrogen) atoms. The molecule has 0 spiro atoms. The van der Waals surface area contributed by atoms with E-state index >= 15 is 0 Å². The molecule has 1 amide bonds. The number of nitrogens with zero attached hydrogens (tertiary/aromatic N) is 1. The smallest absolute Gasteiger partial charge is 0.410 e. The number of hydrogen-bond donors (Lipinski definition) is 0. The highest BCUT2D eigenvalue weighted by atomic mass is 32.2. The van der Waals surface area contributed by atoms with Crippen molar-refractivity contribution in [1.29, 1.82) is 0 Å². The number of para-hydroxylation sites is 1. The molecule has 1 aliphatic heterocycles. The fourth-order valence-corrected chi connectivity index (χ4v) is 2.91. The molecule has 0 saturated carbocycles. The highest BCUT2D eigenvalue weighted by Crippen LogP contribution is 2.22. The molecule has 0 aliphatic carbocycles. The molecule has 3 nitrogen and oxygen atoms in total. The van der Waals surface area contributed by atoms with Gasteiger partial charge >= 0.3 is 6.09 Å². The largest absolute Gasteiger partial charge is 0.415 e. The van der Waals surface area contributed by atoms with Crippen LogP contribution in [0.4, 0.5) is 4.79 Å². The van der Waals surface area contributed by atoms with Gasteiger partial charge in [-0.25, -0.2) is 4.79 Å². The van der Waals surface area contributed by atoms with E-state index in [2.05, 4.69) is 0 Å². The average Bonchev–Trinajstić information content (AvgIpc) is 2.83. The number of ether oxygens (including phenoxy) is 1. The minimum atomic E-state index is -0.265. The molecular formula is C12H15NO2S. The van der Waals surface area contributed by atoms with E-state index in [-0.39, 0.29) is 6.09 Å². The summed E-state index contributed by atoms with van der Waals surface area (Å²) < 4.78 is 5.27. The maximum Gasteiger partial charge on any atom is 0.415 e. The first-order valence-corrected chi connectivity index (χ1v) is 6.50. The van der Waals surface area contributed by atoms with Crippen molar-refractivity contribution >= 4 is 17.9 Å². The van der Waals surface area contributed by atoms with Gasteiger partial charge in [0.25, 0.3) is 0 Å². The maximum atomic E-state index is 11.8. The zero-order chi connectivity index (χ0) is 11.4. The molecule has 1 aromatic carbocycles. The second-order valence-electron chi connectivity index (χ2n) is 3.81. The molecule has 1 unspecified atom stereocenters. The van der Waals surface area contributed by atoms with Crippen molar-refractivity contribution in [3.8, 4) is 5.75 Å². The lowest BCUT2D eigenvalue weighted by Gasteiger charge is -2.22. The van der Waals surface area contributed by atoms with Crippen molar-refractivity contribution in [2.24, 2.45) is 0 Å². The summed E-state index contributed by atoms with van der Waals surface area (Å²) in [5, 5.41) is 0. The average molecular weight is 237 g/mol. The molecule has 86 valence electrons. The first kappa shape index (κ1) is 11.3. The van der Waals surface area contributed by atoms with Gasteiger partial charge in [-0.15, -0.1) is 0 Å². The fourth-order valence-electron chi connectivity index (χ4n) is 1.64. The van der Waals surface area contributed by atoms with E-state index in [0.29, 0.717) is 11.8 Å². The Morgan fingerprint density at radius 1 is 1.44 bits per heavy atom. The maximum absolute atomic E-state index is 11.8. The molecular weight excluding hydrogens is 222 g/mol. The standard InChI is InChI=1S/C12H15NO2S/c1-13(10-7-8-16-9-10)12(14)15-11-5-3-2-4-6-11/h2-6,10H,7-9H2,1H3. The molecule has 1 atom stereocenters. The number of amides is 1. The number of carbonyl (C=O) groups is 1. The lowest BCUT2D eigenvalue weighted by atomic mass is 10.2. The SMILES string of the molecule is CN(C(=O)Oc1ccccc1)C1CCSC1. The van der Waals surface area contributed by atoms with Gasteiger partial charge in [0.05, 0.1) is 0 Å². The lowest BCUT2D eigenvalue weighted by Crippen LogP contribution is -2.38.